The van der Waals surface area contributed by atoms with Crippen LogP contribution in [0.2, 0.25) is 0 Å². The van der Waals surface area contributed by atoms with Crippen molar-refractivity contribution < 1.29 is 23.1 Å². The first-order valence-electron chi connectivity index (χ1n) is 7.21. The van der Waals surface area contributed by atoms with E-state index in [-0.39, 0.29) is 26.6 Å². The quantitative estimate of drug-likeness (QED) is 0.759. The number of nitrogens with two attached hydrogens (primary N) is 2. The highest BCUT2D eigenvalue weighted by atomic mass is 32.1. The summed E-state index contributed by atoms with van der Waals surface area (Å²) >= 11 is 0.754. The Bertz CT molecular complexity index is 797. The minimum atomic E-state index is -4.64. The molecule has 2 aromatic rings. The summed E-state index contributed by atoms with van der Waals surface area (Å²) < 4.78 is 40.4. The molecular weight excluding hydrogens is 345 g/mol. The van der Waals surface area contributed by atoms with Gasteiger partial charge in [-0.15, -0.1) is 11.3 Å². The number of nitrogens with zero attached hydrogens (tertiary/aromatic N) is 2. The highest BCUT2D eigenvalue weighted by Crippen LogP contribution is 2.43. The highest BCUT2D eigenvalue weighted by molar-refractivity contribution is 7.21. The van der Waals surface area contributed by atoms with Crippen molar-refractivity contribution in [1.82, 2.24) is 4.98 Å². The molecule has 3 rings (SSSR count). The Kier molecular flexibility index (Phi) is 4.04. The van der Waals surface area contributed by atoms with Gasteiger partial charge >= 0.3 is 6.18 Å². The third-order valence-electron chi connectivity index (χ3n) is 4.00. The van der Waals surface area contributed by atoms with Crippen LogP contribution in [0.25, 0.3) is 10.2 Å². The summed E-state index contributed by atoms with van der Waals surface area (Å²) in [6, 6.07) is 0.938. The minimum absolute atomic E-state index is 0.0252. The zero-order valence-corrected chi connectivity index (χ0v) is 13.2. The van der Waals surface area contributed by atoms with Gasteiger partial charge < -0.3 is 21.5 Å². The van der Waals surface area contributed by atoms with E-state index < -0.39 is 23.8 Å². The number of aliphatic hydroxyl groups excluding tert-OH is 1. The van der Waals surface area contributed by atoms with Crippen molar-refractivity contribution >= 4 is 39.0 Å². The number of piperidine rings is 1. The Hall–Kier alpha value is -2.07. The lowest BCUT2D eigenvalue weighted by Gasteiger charge is -2.31. The Balaban J connectivity index is 2.18. The van der Waals surface area contributed by atoms with Gasteiger partial charge in [0, 0.05) is 18.5 Å². The van der Waals surface area contributed by atoms with Crippen molar-refractivity contribution in [3.8, 4) is 0 Å². The Morgan fingerprint density at radius 3 is 2.54 bits per heavy atom. The zero-order valence-electron chi connectivity index (χ0n) is 12.4. The Morgan fingerprint density at radius 1 is 1.38 bits per heavy atom. The number of alkyl halides is 3. The number of nitrogen functional groups attached to an aromatic ring is 1. The van der Waals surface area contributed by atoms with Crippen molar-refractivity contribution in [2.75, 3.05) is 23.7 Å². The molecule has 1 aliphatic heterocycles. The molecule has 0 aliphatic carbocycles. The number of carbonyl (C=O) groups is 1. The Labute approximate surface area is 138 Å². The topological polar surface area (TPSA) is 105 Å². The second kappa shape index (κ2) is 5.78. The van der Waals surface area contributed by atoms with E-state index in [0.29, 0.717) is 25.9 Å². The fourth-order valence-electron chi connectivity index (χ4n) is 2.77. The van der Waals surface area contributed by atoms with Gasteiger partial charge in [-0.25, -0.2) is 4.98 Å². The maximum absolute atomic E-state index is 13.5. The summed E-state index contributed by atoms with van der Waals surface area (Å²) in [4.78, 5) is 17.2. The lowest BCUT2D eigenvalue weighted by atomic mass is 10.1. The molecule has 0 unspecified atom stereocenters. The molecule has 0 saturated carbocycles. The summed E-state index contributed by atoms with van der Waals surface area (Å²) in [5.74, 6) is -0.731. The monoisotopic (exact) mass is 360 g/mol. The van der Waals surface area contributed by atoms with Crippen LogP contribution in [0, 0.1) is 0 Å². The van der Waals surface area contributed by atoms with Crippen LogP contribution in [0.5, 0.6) is 0 Å². The zero-order chi connectivity index (χ0) is 17.6. The summed E-state index contributed by atoms with van der Waals surface area (Å²) in [6.45, 7) is 0.807. The largest absolute Gasteiger partial charge is 0.417 e. The minimum Gasteiger partial charge on any atom is -0.397 e. The number of hydrogen-bond donors (Lipinski definition) is 3. The molecule has 130 valence electrons. The molecule has 1 fully saturated rings. The third-order valence-corrected chi connectivity index (χ3v) is 5.12. The number of thiophene rings is 1. The molecule has 0 aromatic carbocycles. The van der Waals surface area contributed by atoms with Crippen LogP contribution in [-0.4, -0.2) is 35.2 Å². The number of primary amides is 1. The van der Waals surface area contributed by atoms with E-state index in [0.717, 1.165) is 17.4 Å². The van der Waals surface area contributed by atoms with Gasteiger partial charge in [0.2, 0.25) is 0 Å². The van der Waals surface area contributed by atoms with Gasteiger partial charge in [0.25, 0.3) is 5.91 Å². The predicted molar refractivity (Wildman–Crippen MR) is 85.0 cm³/mol. The number of aliphatic hydroxyl groups is 1. The number of amides is 1. The molecule has 3 heterocycles. The number of halogens is 3. The van der Waals surface area contributed by atoms with Gasteiger partial charge in [-0.05, 0) is 18.9 Å². The molecule has 10 heteroatoms. The van der Waals surface area contributed by atoms with E-state index in [1.165, 1.54) is 0 Å². The maximum Gasteiger partial charge on any atom is 0.417 e. The average molecular weight is 360 g/mol. The van der Waals surface area contributed by atoms with Crippen molar-refractivity contribution in [3.63, 3.8) is 0 Å². The van der Waals surface area contributed by atoms with Crippen LogP contribution in [0.3, 0.4) is 0 Å². The van der Waals surface area contributed by atoms with E-state index in [1.54, 1.807) is 4.90 Å². The predicted octanol–water partition coefficient (Wildman–Crippen LogP) is 1.96. The van der Waals surface area contributed by atoms with Crippen molar-refractivity contribution in [1.29, 1.82) is 0 Å². The summed E-state index contributed by atoms with van der Waals surface area (Å²) in [5, 5.41) is 9.25. The van der Waals surface area contributed by atoms with E-state index in [9.17, 15) is 23.1 Å². The normalized spacial score (nSPS) is 16.8. The average Bonchev–Trinajstić information content (AvgIpc) is 2.83. The Morgan fingerprint density at radius 2 is 2.00 bits per heavy atom. The van der Waals surface area contributed by atoms with Crippen LogP contribution in [-0.2, 0) is 6.18 Å². The van der Waals surface area contributed by atoms with Crippen molar-refractivity contribution in [2.24, 2.45) is 5.73 Å². The number of rotatable bonds is 2. The van der Waals surface area contributed by atoms with Crippen LogP contribution >= 0.6 is 11.3 Å². The molecule has 0 radical (unpaired) electrons. The summed E-state index contributed by atoms with van der Waals surface area (Å²) in [5.41, 5.74) is 9.66. The number of fused-ring (bicyclic) bond motifs is 1. The van der Waals surface area contributed by atoms with Gasteiger partial charge in [0.05, 0.1) is 17.4 Å². The molecule has 1 amide bonds. The van der Waals surface area contributed by atoms with E-state index in [2.05, 4.69) is 4.98 Å². The molecule has 0 spiro atoms. The molecular formula is C14H15F3N4O2S. The molecule has 24 heavy (non-hydrogen) atoms. The smallest absolute Gasteiger partial charge is 0.397 e. The molecule has 2 aromatic heterocycles. The van der Waals surface area contributed by atoms with Gasteiger partial charge in [-0.2, -0.15) is 13.2 Å². The second-order valence-corrected chi connectivity index (χ2v) is 6.63. The molecule has 1 aliphatic rings. The van der Waals surface area contributed by atoms with E-state index in [4.69, 9.17) is 11.5 Å². The fraction of sp³-hybridized carbons (Fsp3) is 0.429. The first kappa shape index (κ1) is 16.8. The second-order valence-electron chi connectivity index (χ2n) is 5.63. The van der Waals surface area contributed by atoms with Crippen molar-refractivity contribution in [3.05, 3.63) is 16.5 Å². The van der Waals surface area contributed by atoms with Gasteiger partial charge in [-0.1, -0.05) is 0 Å². The summed E-state index contributed by atoms with van der Waals surface area (Å²) in [6.07, 6.45) is -4.18. The fourth-order valence-corrected chi connectivity index (χ4v) is 3.74. The maximum atomic E-state index is 13.5. The van der Waals surface area contributed by atoms with Crippen molar-refractivity contribution in [2.45, 2.75) is 25.1 Å². The lowest BCUT2D eigenvalue weighted by molar-refractivity contribution is -0.136. The molecule has 0 bridgehead atoms. The number of hydrogen-bond acceptors (Lipinski definition) is 6. The van der Waals surface area contributed by atoms with Gasteiger partial charge in [0.15, 0.2) is 0 Å². The number of carbonyl (C=O) groups excluding carboxylic acids is 1. The molecule has 6 nitrogen and oxygen atoms in total. The number of anilines is 2. The molecule has 1 saturated heterocycles. The van der Waals surface area contributed by atoms with Crippen LogP contribution in [0.4, 0.5) is 24.7 Å². The van der Waals surface area contributed by atoms with Gasteiger partial charge in [-0.3, -0.25) is 4.79 Å². The number of aromatic nitrogens is 1. The lowest BCUT2D eigenvalue weighted by Crippen LogP contribution is -2.36. The van der Waals surface area contributed by atoms with E-state index in [1.807, 2.05) is 0 Å². The standard InChI is InChI=1S/C14H15F3N4O2S/c15-14(16,17)7-5-8(21-3-1-6(22)2-4-21)20-13-9(7)10(18)11(24-13)12(19)23/h5-6,22H,1-4,18H2,(H2,19,23). The van der Waals surface area contributed by atoms with Gasteiger partial charge in [0.1, 0.15) is 15.5 Å². The molecule has 5 N–H and O–H groups in total. The first-order chi connectivity index (χ1) is 11.2. The van der Waals surface area contributed by atoms with Crippen LogP contribution < -0.4 is 16.4 Å². The number of pyridine rings is 1. The van der Waals surface area contributed by atoms with Crippen LogP contribution in [0.1, 0.15) is 28.1 Å². The first-order valence-corrected chi connectivity index (χ1v) is 8.03. The van der Waals surface area contributed by atoms with Crippen LogP contribution in [0.15, 0.2) is 6.07 Å². The summed E-state index contributed by atoms with van der Waals surface area (Å²) in [7, 11) is 0. The van der Waals surface area contributed by atoms with E-state index >= 15 is 0 Å². The SMILES string of the molecule is NC(=O)c1sc2nc(N3CCC(O)CC3)cc(C(F)(F)F)c2c1N. The third kappa shape index (κ3) is 2.86. The highest BCUT2D eigenvalue weighted by Gasteiger charge is 2.36. The molecule has 0 atom stereocenters.